The molecule has 0 atom stereocenters. The van der Waals surface area contributed by atoms with Crippen molar-refractivity contribution in [2.75, 3.05) is 17.2 Å². The van der Waals surface area contributed by atoms with Gasteiger partial charge in [0.15, 0.2) is 0 Å². The fourth-order valence-electron chi connectivity index (χ4n) is 1.36. The monoisotopic (exact) mass is 311 g/mol. The maximum absolute atomic E-state index is 4.76. The van der Waals surface area contributed by atoms with E-state index in [1.54, 1.807) is 12.3 Å². The highest BCUT2D eigenvalue weighted by atomic mass is 79.9. The number of halogens is 1. The maximum Gasteiger partial charge on any atom is 0.146 e. The van der Waals surface area contributed by atoms with E-state index >= 15 is 0 Å². The fourth-order valence-corrected chi connectivity index (χ4v) is 1.85. The summed E-state index contributed by atoms with van der Waals surface area (Å²) in [7, 11) is 0. The van der Waals surface area contributed by atoms with Crippen molar-refractivity contribution in [2.45, 2.75) is 19.9 Å². The largest absolute Gasteiger partial charge is 0.369 e. The van der Waals surface area contributed by atoms with Crippen molar-refractivity contribution in [2.24, 2.45) is 0 Å². The number of anilines is 2. The van der Waals surface area contributed by atoms with Gasteiger partial charge in [-0.3, -0.25) is 0 Å². The smallest absolute Gasteiger partial charge is 0.146 e. The van der Waals surface area contributed by atoms with Gasteiger partial charge in [0.1, 0.15) is 34.4 Å². The molecule has 7 heteroatoms. The standard InChI is InChI=1S/C11H14BrN5O/c1-2-4-13-10-9(12)11(16-7-15-10)14-6-8-3-5-18-17-8/h3,5,7H,2,4,6H2,1H3,(H2,13,14,15,16). The van der Waals surface area contributed by atoms with Crippen LogP contribution in [0.15, 0.2) is 27.7 Å². The average molecular weight is 312 g/mol. The predicted molar refractivity (Wildman–Crippen MR) is 72.3 cm³/mol. The van der Waals surface area contributed by atoms with E-state index in [1.807, 2.05) is 0 Å². The van der Waals surface area contributed by atoms with Gasteiger partial charge < -0.3 is 15.2 Å². The Morgan fingerprint density at radius 3 is 2.72 bits per heavy atom. The third-order valence-corrected chi connectivity index (χ3v) is 3.01. The molecule has 0 saturated carbocycles. The predicted octanol–water partition coefficient (Wildman–Crippen LogP) is 2.66. The third kappa shape index (κ3) is 3.19. The van der Waals surface area contributed by atoms with E-state index in [9.17, 15) is 0 Å². The van der Waals surface area contributed by atoms with Gasteiger partial charge >= 0.3 is 0 Å². The molecule has 6 nitrogen and oxygen atoms in total. The quantitative estimate of drug-likeness (QED) is 0.854. The zero-order valence-electron chi connectivity index (χ0n) is 9.98. The van der Waals surface area contributed by atoms with E-state index in [1.165, 1.54) is 6.33 Å². The fraction of sp³-hybridized carbons (Fsp3) is 0.364. The van der Waals surface area contributed by atoms with E-state index in [0.29, 0.717) is 6.54 Å². The molecule has 2 aromatic heterocycles. The lowest BCUT2D eigenvalue weighted by atomic mass is 10.4. The van der Waals surface area contributed by atoms with Gasteiger partial charge in [0.05, 0.1) is 6.54 Å². The molecule has 0 bridgehead atoms. The third-order valence-electron chi connectivity index (χ3n) is 2.26. The molecule has 2 aromatic rings. The molecular weight excluding hydrogens is 298 g/mol. The molecule has 0 aliphatic heterocycles. The van der Waals surface area contributed by atoms with Gasteiger partial charge in [-0.2, -0.15) is 0 Å². The van der Waals surface area contributed by atoms with Crippen LogP contribution in [-0.2, 0) is 6.54 Å². The number of hydrogen-bond acceptors (Lipinski definition) is 6. The number of nitrogens with one attached hydrogen (secondary N) is 2. The highest BCUT2D eigenvalue weighted by Gasteiger charge is 2.08. The summed E-state index contributed by atoms with van der Waals surface area (Å²) in [5.74, 6) is 1.51. The van der Waals surface area contributed by atoms with Gasteiger partial charge in [0.2, 0.25) is 0 Å². The molecule has 2 heterocycles. The van der Waals surface area contributed by atoms with Crippen molar-refractivity contribution in [3.8, 4) is 0 Å². The van der Waals surface area contributed by atoms with Gasteiger partial charge in [0, 0.05) is 12.6 Å². The molecule has 2 N–H and O–H groups in total. The van der Waals surface area contributed by atoms with Crippen molar-refractivity contribution in [1.82, 2.24) is 15.1 Å². The summed E-state index contributed by atoms with van der Waals surface area (Å²) in [5, 5.41) is 10.2. The Kier molecular flexibility index (Phi) is 4.52. The number of nitrogens with zero attached hydrogens (tertiary/aromatic N) is 3. The summed E-state index contributed by atoms with van der Waals surface area (Å²) in [4.78, 5) is 8.36. The molecule has 2 rings (SSSR count). The molecule has 0 aromatic carbocycles. The van der Waals surface area contributed by atoms with Gasteiger partial charge in [-0.15, -0.1) is 0 Å². The normalized spacial score (nSPS) is 10.3. The SMILES string of the molecule is CCCNc1ncnc(NCc2ccon2)c1Br. The van der Waals surface area contributed by atoms with Crippen molar-refractivity contribution < 1.29 is 4.52 Å². The van der Waals surface area contributed by atoms with Gasteiger partial charge in [-0.1, -0.05) is 12.1 Å². The first-order chi connectivity index (χ1) is 8.81. The second-order valence-electron chi connectivity index (χ2n) is 3.66. The molecule has 0 amide bonds. The zero-order chi connectivity index (χ0) is 12.8. The van der Waals surface area contributed by atoms with Crippen LogP contribution in [0.3, 0.4) is 0 Å². The summed E-state index contributed by atoms with van der Waals surface area (Å²) < 4.78 is 5.58. The van der Waals surface area contributed by atoms with Crippen molar-refractivity contribution in [1.29, 1.82) is 0 Å². The molecule has 0 aliphatic rings. The second-order valence-corrected chi connectivity index (χ2v) is 4.45. The minimum absolute atomic E-state index is 0.555. The summed E-state index contributed by atoms with van der Waals surface area (Å²) in [6, 6.07) is 1.80. The zero-order valence-corrected chi connectivity index (χ0v) is 11.6. The topological polar surface area (TPSA) is 75.9 Å². The van der Waals surface area contributed by atoms with Crippen LogP contribution in [0.2, 0.25) is 0 Å². The first kappa shape index (κ1) is 12.8. The molecule has 0 spiro atoms. The van der Waals surface area contributed by atoms with Crippen LogP contribution in [0.4, 0.5) is 11.6 Å². The molecule has 0 fully saturated rings. The van der Waals surface area contributed by atoms with Crippen molar-refractivity contribution in [3.63, 3.8) is 0 Å². The van der Waals surface area contributed by atoms with Gasteiger partial charge in [0.25, 0.3) is 0 Å². The van der Waals surface area contributed by atoms with Crippen molar-refractivity contribution >= 4 is 27.6 Å². The summed E-state index contributed by atoms with van der Waals surface area (Å²) in [6.45, 7) is 3.53. The van der Waals surface area contributed by atoms with E-state index in [0.717, 1.165) is 34.8 Å². The van der Waals surface area contributed by atoms with Crippen LogP contribution in [0.1, 0.15) is 19.0 Å². The Hall–Kier alpha value is -1.63. The lowest BCUT2D eigenvalue weighted by Crippen LogP contribution is -2.07. The molecule has 96 valence electrons. The molecule has 0 aliphatic carbocycles. The van der Waals surface area contributed by atoms with Crippen molar-refractivity contribution in [3.05, 3.63) is 28.8 Å². The van der Waals surface area contributed by atoms with Crippen LogP contribution in [0.5, 0.6) is 0 Å². The Morgan fingerprint density at radius 1 is 1.28 bits per heavy atom. The van der Waals surface area contributed by atoms with Crippen LogP contribution >= 0.6 is 15.9 Å². The summed E-state index contributed by atoms with van der Waals surface area (Å²) in [6.07, 6.45) is 4.10. The Labute approximate surface area is 113 Å². The first-order valence-corrected chi connectivity index (χ1v) is 6.48. The molecule has 0 saturated heterocycles. The molecule has 0 unspecified atom stereocenters. The molecule has 18 heavy (non-hydrogen) atoms. The van der Waals surface area contributed by atoms with Crippen LogP contribution in [0.25, 0.3) is 0 Å². The van der Waals surface area contributed by atoms with Gasteiger partial charge in [-0.25, -0.2) is 9.97 Å². The van der Waals surface area contributed by atoms with Crippen LogP contribution < -0.4 is 10.6 Å². The van der Waals surface area contributed by atoms with E-state index < -0.39 is 0 Å². The number of rotatable bonds is 6. The highest BCUT2D eigenvalue weighted by Crippen LogP contribution is 2.26. The number of aromatic nitrogens is 3. The van der Waals surface area contributed by atoms with Gasteiger partial charge in [-0.05, 0) is 22.4 Å². The van der Waals surface area contributed by atoms with Crippen LogP contribution in [-0.4, -0.2) is 21.7 Å². The second kappa shape index (κ2) is 6.34. The Bertz CT molecular complexity index is 488. The van der Waals surface area contributed by atoms with Crippen LogP contribution in [0, 0.1) is 0 Å². The lowest BCUT2D eigenvalue weighted by Gasteiger charge is -2.10. The maximum atomic E-state index is 4.76. The average Bonchev–Trinajstić information content (AvgIpc) is 2.89. The summed E-state index contributed by atoms with van der Waals surface area (Å²) in [5.41, 5.74) is 0.823. The van der Waals surface area contributed by atoms with E-state index in [4.69, 9.17) is 4.52 Å². The number of hydrogen-bond donors (Lipinski definition) is 2. The highest BCUT2D eigenvalue weighted by molar-refractivity contribution is 9.10. The lowest BCUT2D eigenvalue weighted by molar-refractivity contribution is 0.412. The molecule has 0 radical (unpaired) electrons. The van der Waals surface area contributed by atoms with E-state index in [-0.39, 0.29) is 0 Å². The Balaban J connectivity index is 2.03. The minimum atomic E-state index is 0.555. The minimum Gasteiger partial charge on any atom is -0.369 e. The van der Waals surface area contributed by atoms with E-state index in [2.05, 4.69) is 48.6 Å². The molecular formula is C11H14BrN5O. The Morgan fingerprint density at radius 2 is 2.06 bits per heavy atom. The summed E-state index contributed by atoms with van der Waals surface area (Å²) >= 11 is 3.48. The first-order valence-electron chi connectivity index (χ1n) is 5.68.